The zero-order valence-corrected chi connectivity index (χ0v) is 11.8. The molecule has 0 radical (unpaired) electrons. The first-order chi connectivity index (χ1) is 8.72. The molecule has 0 amide bonds. The number of benzene rings is 1. The Morgan fingerprint density at radius 3 is 2.00 bits per heavy atom. The summed E-state index contributed by atoms with van der Waals surface area (Å²) in [7, 11) is 0. The van der Waals surface area contributed by atoms with E-state index in [0.29, 0.717) is 0 Å². The monoisotopic (exact) mass is 292 g/mol. The fourth-order valence-corrected chi connectivity index (χ4v) is 3.92. The zero-order chi connectivity index (χ0) is 12.5. The molecule has 0 fully saturated rings. The molecule has 0 spiro atoms. The van der Waals surface area contributed by atoms with Crippen molar-refractivity contribution in [2.24, 2.45) is 0 Å². The average Bonchev–Trinajstić information content (AvgIpc) is 2.98. The van der Waals surface area contributed by atoms with Crippen LogP contribution in [0.2, 0.25) is 0 Å². The molecule has 3 aromatic rings. The van der Waals surface area contributed by atoms with Crippen LogP contribution in [0.5, 0.6) is 0 Å². The van der Waals surface area contributed by atoms with E-state index in [-0.39, 0.29) is 5.82 Å². The van der Waals surface area contributed by atoms with Crippen molar-refractivity contribution in [2.75, 3.05) is 0 Å². The highest BCUT2D eigenvalue weighted by molar-refractivity contribution is 7.83. The molecular formula is C14H9FS3. The highest BCUT2D eigenvalue weighted by Crippen LogP contribution is 2.38. The molecule has 0 aliphatic heterocycles. The van der Waals surface area contributed by atoms with Crippen molar-refractivity contribution in [1.82, 2.24) is 0 Å². The van der Waals surface area contributed by atoms with Crippen LogP contribution in [-0.2, 0) is 0 Å². The third kappa shape index (κ3) is 2.36. The van der Waals surface area contributed by atoms with E-state index in [9.17, 15) is 4.39 Å². The van der Waals surface area contributed by atoms with Gasteiger partial charge in [-0.25, -0.2) is 4.39 Å². The van der Waals surface area contributed by atoms with E-state index in [1.165, 1.54) is 21.9 Å². The molecule has 2 aromatic heterocycles. The predicted octanol–water partition coefficient (Wildman–Crippen LogP) is 5.57. The van der Waals surface area contributed by atoms with Crippen molar-refractivity contribution in [3.05, 3.63) is 54.3 Å². The molecule has 3 rings (SSSR count). The molecule has 0 atom stereocenters. The molecule has 0 saturated heterocycles. The molecule has 2 heterocycles. The van der Waals surface area contributed by atoms with Gasteiger partial charge in [0.1, 0.15) is 5.82 Å². The molecular weight excluding hydrogens is 283 g/mol. The third-order valence-electron chi connectivity index (χ3n) is 2.57. The minimum atomic E-state index is -0.200. The van der Waals surface area contributed by atoms with Gasteiger partial charge in [-0.15, -0.1) is 35.3 Å². The molecule has 18 heavy (non-hydrogen) atoms. The summed E-state index contributed by atoms with van der Waals surface area (Å²) in [6.45, 7) is 0. The highest BCUT2D eigenvalue weighted by atomic mass is 32.2. The van der Waals surface area contributed by atoms with Gasteiger partial charge in [0.25, 0.3) is 0 Å². The summed E-state index contributed by atoms with van der Waals surface area (Å²) in [4.78, 5) is 3.59. The van der Waals surface area contributed by atoms with Crippen molar-refractivity contribution in [3.8, 4) is 20.2 Å². The molecule has 90 valence electrons. The van der Waals surface area contributed by atoms with Crippen molar-refractivity contribution in [1.29, 1.82) is 0 Å². The van der Waals surface area contributed by atoms with Crippen molar-refractivity contribution < 1.29 is 4.39 Å². The highest BCUT2D eigenvalue weighted by Gasteiger charge is 2.06. The molecule has 0 saturated carbocycles. The van der Waals surface area contributed by atoms with Gasteiger partial charge in [-0.1, -0.05) is 12.1 Å². The third-order valence-corrected chi connectivity index (χ3v) is 5.21. The summed E-state index contributed by atoms with van der Waals surface area (Å²) >= 11 is 7.70. The molecule has 0 bridgehead atoms. The van der Waals surface area contributed by atoms with Crippen LogP contribution in [0.4, 0.5) is 4.39 Å². The standard InChI is InChI=1S/C14H9FS3/c15-10-3-1-9(2-4-10)11-5-6-12(17-11)13-7-8-14(16)18-13/h1-8,16H. The number of halogens is 1. The van der Waals surface area contributed by atoms with Gasteiger partial charge in [0.2, 0.25) is 0 Å². The van der Waals surface area contributed by atoms with Crippen LogP contribution in [0.25, 0.3) is 20.2 Å². The number of thiophene rings is 2. The first kappa shape index (κ1) is 12.0. The van der Waals surface area contributed by atoms with Gasteiger partial charge >= 0.3 is 0 Å². The van der Waals surface area contributed by atoms with Crippen LogP contribution in [0.1, 0.15) is 0 Å². The Labute approximate surface area is 118 Å². The van der Waals surface area contributed by atoms with E-state index >= 15 is 0 Å². The fourth-order valence-electron chi connectivity index (χ4n) is 1.70. The maximum Gasteiger partial charge on any atom is 0.123 e. The lowest BCUT2D eigenvalue weighted by Gasteiger charge is -1.96. The maximum absolute atomic E-state index is 12.9. The Morgan fingerprint density at radius 1 is 0.722 bits per heavy atom. The normalized spacial score (nSPS) is 10.8. The number of hydrogen-bond donors (Lipinski definition) is 1. The SMILES string of the molecule is Fc1ccc(-c2ccc(-c3ccc(S)s3)s2)cc1. The Hall–Kier alpha value is -1.10. The van der Waals surface area contributed by atoms with Gasteiger partial charge in [0, 0.05) is 14.6 Å². The second-order valence-electron chi connectivity index (χ2n) is 3.81. The van der Waals surface area contributed by atoms with E-state index in [1.807, 2.05) is 18.2 Å². The van der Waals surface area contributed by atoms with Gasteiger partial charge in [0.15, 0.2) is 0 Å². The number of hydrogen-bond acceptors (Lipinski definition) is 3. The molecule has 0 aliphatic rings. The molecule has 0 aliphatic carbocycles. The summed E-state index contributed by atoms with van der Waals surface area (Å²) in [5.74, 6) is -0.200. The largest absolute Gasteiger partial charge is 0.207 e. The van der Waals surface area contributed by atoms with Crippen LogP contribution < -0.4 is 0 Å². The van der Waals surface area contributed by atoms with Crippen molar-refractivity contribution in [2.45, 2.75) is 4.21 Å². The van der Waals surface area contributed by atoms with Gasteiger partial charge < -0.3 is 0 Å². The van der Waals surface area contributed by atoms with Crippen LogP contribution in [-0.4, -0.2) is 0 Å². The summed E-state index contributed by atoms with van der Waals surface area (Å²) in [5, 5.41) is 0. The van der Waals surface area contributed by atoms with Crippen molar-refractivity contribution in [3.63, 3.8) is 0 Å². The second-order valence-corrected chi connectivity index (χ2v) is 6.76. The molecule has 0 unspecified atom stereocenters. The van der Waals surface area contributed by atoms with Gasteiger partial charge in [-0.05, 0) is 42.0 Å². The zero-order valence-electron chi connectivity index (χ0n) is 9.26. The predicted molar refractivity (Wildman–Crippen MR) is 80.3 cm³/mol. The summed E-state index contributed by atoms with van der Waals surface area (Å²) < 4.78 is 13.9. The number of rotatable bonds is 2. The van der Waals surface area contributed by atoms with Gasteiger partial charge in [-0.3, -0.25) is 0 Å². The number of thiol groups is 1. The molecule has 1 aromatic carbocycles. The van der Waals surface area contributed by atoms with Crippen molar-refractivity contribution >= 4 is 35.3 Å². The molecule has 0 N–H and O–H groups in total. The van der Waals surface area contributed by atoms with Crippen LogP contribution in [0.15, 0.2) is 52.7 Å². The second kappa shape index (κ2) is 4.88. The smallest absolute Gasteiger partial charge is 0.123 e. The summed E-state index contributed by atoms with van der Waals surface area (Å²) in [5.41, 5.74) is 1.05. The van der Waals surface area contributed by atoms with E-state index in [2.05, 4.69) is 30.8 Å². The minimum Gasteiger partial charge on any atom is -0.207 e. The quantitative estimate of drug-likeness (QED) is 0.586. The Balaban J connectivity index is 1.96. The Kier molecular flexibility index (Phi) is 3.24. The van der Waals surface area contributed by atoms with E-state index in [0.717, 1.165) is 14.6 Å². The van der Waals surface area contributed by atoms with E-state index < -0.39 is 0 Å². The van der Waals surface area contributed by atoms with Crippen LogP contribution in [0, 0.1) is 5.82 Å². The lowest BCUT2D eigenvalue weighted by Crippen LogP contribution is -1.73. The Bertz CT molecular complexity index is 664. The van der Waals surface area contributed by atoms with E-state index in [1.54, 1.807) is 22.7 Å². The topological polar surface area (TPSA) is 0 Å². The summed E-state index contributed by atoms with van der Waals surface area (Å²) in [6.07, 6.45) is 0. The lowest BCUT2D eigenvalue weighted by atomic mass is 10.2. The van der Waals surface area contributed by atoms with Crippen LogP contribution >= 0.6 is 35.3 Å². The minimum absolute atomic E-state index is 0.200. The summed E-state index contributed by atoms with van der Waals surface area (Å²) in [6, 6.07) is 14.9. The maximum atomic E-state index is 12.9. The first-order valence-corrected chi connectivity index (χ1v) is 7.45. The Morgan fingerprint density at radius 2 is 1.33 bits per heavy atom. The van der Waals surface area contributed by atoms with Crippen LogP contribution in [0.3, 0.4) is 0 Å². The molecule has 0 nitrogen and oxygen atoms in total. The average molecular weight is 292 g/mol. The van der Waals surface area contributed by atoms with E-state index in [4.69, 9.17) is 0 Å². The molecule has 4 heteroatoms. The fraction of sp³-hybridized carbons (Fsp3) is 0. The lowest BCUT2D eigenvalue weighted by molar-refractivity contribution is 0.628. The van der Waals surface area contributed by atoms with Gasteiger partial charge in [0.05, 0.1) is 4.21 Å². The van der Waals surface area contributed by atoms with Gasteiger partial charge in [-0.2, -0.15) is 0 Å². The first-order valence-electron chi connectivity index (χ1n) is 5.37.